The molecule has 4 saturated carbocycles. The number of esters is 1. The predicted octanol–water partition coefficient (Wildman–Crippen LogP) is 9.97. The summed E-state index contributed by atoms with van der Waals surface area (Å²) in [6.45, 7) is 8.22. The Labute approximate surface area is 270 Å². The van der Waals surface area contributed by atoms with E-state index in [1.54, 1.807) is 0 Å². The summed E-state index contributed by atoms with van der Waals surface area (Å²) in [5.74, 6) is 5.83. The molecule has 4 fully saturated rings. The van der Waals surface area contributed by atoms with E-state index in [-0.39, 0.29) is 12.1 Å². The van der Waals surface area contributed by atoms with Crippen molar-refractivity contribution in [2.45, 2.75) is 109 Å². The largest absolute Gasteiger partial charge is 0.458 e. The number of benzene rings is 2. The molecule has 0 spiro atoms. The van der Waals surface area contributed by atoms with E-state index in [9.17, 15) is 4.79 Å². The second kappa shape index (κ2) is 14.0. The minimum atomic E-state index is -0.376. The first kappa shape index (κ1) is 31.7. The third-order valence-electron chi connectivity index (χ3n) is 12.8. The van der Waals surface area contributed by atoms with Crippen LogP contribution >= 0.6 is 11.8 Å². The van der Waals surface area contributed by atoms with Crippen molar-refractivity contribution in [1.82, 2.24) is 0 Å². The molecule has 0 aromatic heterocycles. The number of ether oxygens (including phenoxy) is 1. The van der Waals surface area contributed by atoms with Crippen molar-refractivity contribution in [3.63, 3.8) is 0 Å². The maximum absolute atomic E-state index is 12.5. The number of oxime groups is 1. The second-order valence-electron chi connectivity index (χ2n) is 15.0. The van der Waals surface area contributed by atoms with Crippen molar-refractivity contribution in [2.24, 2.45) is 51.5 Å². The number of rotatable bonds is 11. The van der Waals surface area contributed by atoms with Gasteiger partial charge in [-0.1, -0.05) is 74.5 Å². The van der Waals surface area contributed by atoms with Gasteiger partial charge in [-0.3, -0.25) is 0 Å². The minimum absolute atomic E-state index is 0.00307. The van der Waals surface area contributed by atoms with Crippen LogP contribution in [0.25, 0.3) is 0 Å². The molecule has 0 unspecified atom stereocenters. The van der Waals surface area contributed by atoms with Crippen molar-refractivity contribution in [3.05, 3.63) is 66.2 Å². The first-order chi connectivity index (χ1) is 21.4. The standard InChI is InChI=1S/C39H53NO3S/c1-28(11-10-24-44-32-14-8-5-9-15-32)34-18-19-35-33-17-16-30-25-31(20-22-38(30,2)36(33)21-23-39(34,35)3)43-37(41)26-40-42-27-29-12-6-4-7-13-29/h4-9,12-15,26,28,30-31,33-36H,10-11,16-25,27H2,1-3H3/b40-26+/t28-,30-,31-,33+,34-,35+,36+,38+,39-/m1/s1. The molecule has 0 saturated heterocycles. The fraction of sp³-hybridized carbons (Fsp3) is 0.641. The Morgan fingerprint density at radius 1 is 0.932 bits per heavy atom. The summed E-state index contributed by atoms with van der Waals surface area (Å²) in [4.78, 5) is 19.2. The van der Waals surface area contributed by atoms with E-state index in [2.05, 4.69) is 56.3 Å². The predicted molar refractivity (Wildman–Crippen MR) is 180 cm³/mol. The molecule has 0 heterocycles. The van der Waals surface area contributed by atoms with Crippen LogP contribution in [0, 0.1) is 46.3 Å². The van der Waals surface area contributed by atoms with Gasteiger partial charge >= 0.3 is 5.97 Å². The van der Waals surface area contributed by atoms with Gasteiger partial charge in [0.05, 0.1) is 0 Å². The van der Waals surface area contributed by atoms with Gasteiger partial charge in [0.2, 0.25) is 0 Å². The van der Waals surface area contributed by atoms with E-state index < -0.39 is 0 Å². The molecule has 9 atom stereocenters. The van der Waals surface area contributed by atoms with Crippen LogP contribution < -0.4 is 0 Å². The highest BCUT2D eigenvalue weighted by Crippen LogP contribution is 2.68. The fourth-order valence-electron chi connectivity index (χ4n) is 10.6. The molecule has 44 heavy (non-hydrogen) atoms. The number of fused-ring (bicyclic) bond motifs is 5. The van der Waals surface area contributed by atoms with Crippen LogP contribution in [0.2, 0.25) is 0 Å². The summed E-state index contributed by atoms with van der Waals surface area (Å²) in [6, 6.07) is 20.7. The minimum Gasteiger partial charge on any atom is -0.458 e. The second-order valence-corrected chi connectivity index (χ2v) is 16.2. The average molecular weight is 616 g/mol. The van der Waals surface area contributed by atoms with Crippen LogP contribution in [0.5, 0.6) is 0 Å². The highest BCUT2D eigenvalue weighted by Gasteiger charge is 2.60. The van der Waals surface area contributed by atoms with Crippen LogP contribution in [0.3, 0.4) is 0 Å². The number of hydrogen-bond acceptors (Lipinski definition) is 5. The Hall–Kier alpha value is -2.27. The fourth-order valence-corrected chi connectivity index (χ4v) is 11.5. The molecule has 238 valence electrons. The highest BCUT2D eigenvalue weighted by atomic mass is 32.2. The van der Waals surface area contributed by atoms with E-state index in [1.807, 2.05) is 42.1 Å². The molecule has 5 heteroatoms. The Balaban J connectivity index is 0.985. The zero-order valence-electron chi connectivity index (χ0n) is 27.2. The summed E-state index contributed by atoms with van der Waals surface area (Å²) in [5.41, 5.74) is 1.93. The SMILES string of the molecule is C[C@H](CCCSc1ccccc1)[C@H]1CC[C@H]2[C@@H]3CC[C@@H]4C[C@H](OC(=O)/C=N/OCc5ccccc5)CC[C@]4(C)[C@H]3CC[C@]12C. The molecular formula is C39H53NO3S. The molecule has 2 aromatic rings. The molecule has 0 amide bonds. The molecule has 0 radical (unpaired) electrons. The smallest absolute Gasteiger partial charge is 0.353 e. The highest BCUT2D eigenvalue weighted by molar-refractivity contribution is 7.99. The summed E-state index contributed by atoms with van der Waals surface area (Å²) in [5, 5.41) is 3.87. The Morgan fingerprint density at radius 2 is 1.66 bits per heavy atom. The molecule has 0 aliphatic heterocycles. The monoisotopic (exact) mass is 615 g/mol. The van der Waals surface area contributed by atoms with Crippen molar-refractivity contribution >= 4 is 23.9 Å². The van der Waals surface area contributed by atoms with Crippen molar-refractivity contribution in [3.8, 4) is 0 Å². The van der Waals surface area contributed by atoms with Crippen LogP contribution in [0.1, 0.15) is 97.0 Å². The van der Waals surface area contributed by atoms with Gasteiger partial charge in [0.25, 0.3) is 0 Å². The molecule has 0 bridgehead atoms. The lowest BCUT2D eigenvalue weighted by Gasteiger charge is -2.61. The maximum atomic E-state index is 12.5. The van der Waals surface area contributed by atoms with Gasteiger partial charge in [0, 0.05) is 4.90 Å². The van der Waals surface area contributed by atoms with E-state index >= 15 is 0 Å². The molecule has 4 aliphatic rings. The zero-order valence-corrected chi connectivity index (χ0v) is 28.0. The zero-order chi connectivity index (χ0) is 30.6. The third-order valence-corrected chi connectivity index (χ3v) is 13.9. The molecule has 4 aliphatic carbocycles. The topological polar surface area (TPSA) is 47.9 Å². The number of thioether (sulfide) groups is 1. The van der Waals surface area contributed by atoms with Gasteiger partial charge in [-0.2, -0.15) is 0 Å². The van der Waals surface area contributed by atoms with E-state index in [0.29, 0.717) is 23.4 Å². The first-order valence-corrected chi connectivity index (χ1v) is 18.4. The molecule has 0 N–H and O–H groups in total. The van der Waals surface area contributed by atoms with Gasteiger partial charge in [-0.25, -0.2) is 4.79 Å². The van der Waals surface area contributed by atoms with Gasteiger partial charge in [-0.05, 0) is 140 Å². The van der Waals surface area contributed by atoms with Crippen LogP contribution in [0.15, 0.2) is 70.7 Å². The van der Waals surface area contributed by atoms with E-state index in [4.69, 9.17) is 9.57 Å². The Bertz CT molecular complexity index is 1250. The number of hydrogen-bond donors (Lipinski definition) is 0. The normalized spacial score (nSPS) is 35.3. The molecule has 6 rings (SSSR count). The summed E-state index contributed by atoms with van der Waals surface area (Å²) in [7, 11) is 0. The molecular weight excluding hydrogens is 563 g/mol. The average Bonchev–Trinajstić information content (AvgIpc) is 3.40. The molecule has 4 nitrogen and oxygen atoms in total. The summed E-state index contributed by atoms with van der Waals surface area (Å²) >= 11 is 2.02. The Morgan fingerprint density at radius 3 is 2.45 bits per heavy atom. The van der Waals surface area contributed by atoms with E-state index in [1.165, 1.54) is 74.7 Å². The van der Waals surface area contributed by atoms with Gasteiger partial charge in [0.1, 0.15) is 12.7 Å². The first-order valence-electron chi connectivity index (χ1n) is 17.4. The quantitative estimate of drug-likeness (QED) is 0.0830. The lowest BCUT2D eigenvalue weighted by atomic mass is 9.44. The van der Waals surface area contributed by atoms with Crippen LogP contribution in [-0.4, -0.2) is 24.0 Å². The van der Waals surface area contributed by atoms with Crippen molar-refractivity contribution in [2.75, 3.05) is 5.75 Å². The Kier molecular flexibility index (Phi) is 10.1. The third kappa shape index (κ3) is 6.78. The summed E-state index contributed by atoms with van der Waals surface area (Å²) in [6.07, 6.45) is 15.4. The lowest BCUT2D eigenvalue weighted by molar-refractivity contribution is -0.156. The van der Waals surface area contributed by atoms with Crippen molar-refractivity contribution in [1.29, 1.82) is 0 Å². The number of carbonyl (C=O) groups excluding carboxylic acids is 1. The van der Waals surface area contributed by atoms with Gasteiger partial charge < -0.3 is 9.57 Å². The van der Waals surface area contributed by atoms with Crippen LogP contribution in [0.4, 0.5) is 0 Å². The van der Waals surface area contributed by atoms with Gasteiger partial charge in [-0.15, -0.1) is 11.8 Å². The van der Waals surface area contributed by atoms with Crippen LogP contribution in [-0.2, 0) is 21.0 Å². The van der Waals surface area contributed by atoms with E-state index in [0.717, 1.165) is 48.0 Å². The maximum Gasteiger partial charge on any atom is 0.353 e. The van der Waals surface area contributed by atoms with Crippen molar-refractivity contribution < 1.29 is 14.4 Å². The number of nitrogens with zero attached hydrogens (tertiary/aromatic N) is 1. The summed E-state index contributed by atoms with van der Waals surface area (Å²) < 4.78 is 5.90. The number of carbonyl (C=O) groups is 1. The van der Waals surface area contributed by atoms with Gasteiger partial charge in [0.15, 0.2) is 6.21 Å². The lowest BCUT2D eigenvalue weighted by Crippen LogP contribution is -2.54. The molecule has 2 aromatic carbocycles.